The highest BCUT2D eigenvalue weighted by Crippen LogP contribution is 2.35. The summed E-state index contributed by atoms with van der Waals surface area (Å²) in [6.45, 7) is 2.55. The highest BCUT2D eigenvalue weighted by atomic mass is 19.2. The molecule has 0 N–H and O–H groups in total. The lowest BCUT2D eigenvalue weighted by Gasteiger charge is -2.12. The maximum absolute atomic E-state index is 14.7. The van der Waals surface area contributed by atoms with E-state index in [-0.39, 0.29) is 41.9 Å². The minimum atomic E-state index is -2.05. The van der Waals surface area contributed by atoms with Crippen LogP contribution in [0.2, 0.25) is 0 Å². The second-order valence-corrected chi connectivity index (χ2v) is 12.7. The molecule has 298 valence electrons. The molecule has 0 saturated heterocycles. The maximum Gasteiger partial charge on any atom is 0.343 e. The van der Waals surface area contributed by atoms with Crippen LogP contribution >= 0.6 is 0 Å². The average Bonchev–Trinajstić information content (AvgIpc) is 3.19. The van der Waals surface area contributed by atoms with Gasteiger partial charge in [0.05, 0.1) is 17.7 Å². The molecule has 0 bridgehead atoms. The first-order chi connectivity index (χ1) is 27.0. The maximum atomic E-state index is 14.7. The molecule has 0 unspecified atom stereocenters. The van der Waals surface area contributed by atoms with Gasteiger partial charge in [0, 0.05) is 12.8 Å². The molecule has 4 aromatic rings. The number of esters is 4. The van der Waals surface area contributed by atoms with E-state index in [2.05, 4.69) is 16.4 Å². The van der Waals surface area contributed by atoms with Gasteiger partial charge in [-0.25, -0.2) is 14.0 Å². The van der Waals surface area contributed by atoms with Crippen LogP contribution in [0.3, 0.4) is 0 Å². The van der Waals surface area contributed by atoms with Crippen molar-refractivity contribution in [1.29, 1.82) is 0 Å². The molecule has 9 nitrogen and oxygen atoms in total. The SMILES string of the molecule is CCCCCCOc1ccc(C(=O)Oc2c(F)c(F)c(OC(=O)CCCCCCCCC(=O)Oc3ccc(OC(=O)c4ccc(F)cc4)cc3)c(F)c2F)cc1. The van der Waals surface area contributed by atoms with Gasteiger partial charge in [-0.3, -0.25) is 9.59 Å². The van der Waals surface area contributed by atoms with Crippen LogP contribution in [0.15, 0.2) is 72.8 Å². The standard InChI is InChI=1S/C42H41F5O9/c1-2-3-4-11-26-52-30-20-16-28(17-21-30)42(51)56-40-37(46)35(44)39(36(45)38(40)47)55-34(49)13-10-8-6-5-7-9-12-33(48)53-31-22-24-32(25-23-31)54-41(50)27-14-18-29(43)19-15-27/h14-25H,2-13,26H2,1H3. The molecule has 0 aliphatic rings. The van der Waals surface area contributed by atoms with Gasteiger partial charge < -0.3 is 23.7 Å². The van der Waals surface area contributed by atoms with Crippen LogP contribution in [-0.2, 0) is 9.59 Å². The number of carbonyl (C=O) groups excluding carboxylic acids is 4. The molecule has 4 rings (SSSR count). The van der Waals surface area contributed by atoms with Crippen LogP contribution in [0.4, 0.5) is 22.0 Å². The largest absolute Gasteiger partial charge is 0.494 e. The van der Waals surface area contributed by atoms with Crippen molar-refractivity contribution in [3.63, 3.8) is 0 Å². The van der Waals surface area contributed by atoms with E-state index in [0.29, 0.717) is 44.5 Å². The summed E-state index contributed by atoms with van der Waals surface area (Å²) in [6, 6.07) is 16.1. The van der Waals surface area contributed by atoms with Crippen molar-refractivity contribution < 1.29 is 64.8 Å². The van der Waals surface area contributed by atoms with Crippen LogP contribution in [0.25, 0.3) is 0 Å². The average molecular weight is 785 g/mol. The quantitative estimate of drug-likeness (QED) is 0.0268. The highest BCUT2D eigenvalue weighted by Gasteiger charge is 2.31. The number of ether oxygens (including phenoxy) is 5. The molecular weight excluding hydrogens is 743 g/mol. The predicted molar refractivity (Wildman–Crippen MR) is 193 cm³/mol. The summed E-state index contributed by atoms with van der Waals surface area (Å²) < 4.78 is 97.2. The molecule has 0 aliphatic carbocycles. The number of hydrogen-bond donors (Lipinski definition) is 0. The summed E-state index contributed by atoms with van der Waals surface area (Å²) >= 11 is 0. The zero-order valence-corrected chi connectivity index (χ0v) is 30.7. The Bertz CT molecular complexity index is 1900. The van der Waals surface area contributed by atoms with E-state index < -0.39 is 64.5 Å². The lowest BCUT2D eigenvalue weighted by molar-refractivity contribution is -0.135. The number of halogens is 5. The Labute approximate surface area is 320 Å². The number of carbonyl (C=O) groups is 4. The molecule has 0 radical (unpaired) electrons. The van der Waals surface area contributed by atoms with E-state index in [9.17, 15) is 41.1 Å². The summed E-state index contributed by atoms with van der Waals surface area (Å²) in [5.41, 5.74) is 0.0138. The fraction of sp³-hybridized carbons (Fsp3) is 0.333. The summed E-state index contributed by atoms with van der Waals surface area (Å²) in [5.74, 6) is -14.5. The second-order valence-electron chi connectivity index (χ2n) is 12.7. The van der Waals surface area contributed by atoms with E-state index >= 15 is 0 Å². The van der Waals surface area contributed by atoms with E-state index in [1.54, 1.807) is 0 Å². The van der Waals surface area contributed by atoms with E-state index in [1.807, 2.05) is 0 Å². The molecule has 0 aromatic heterocycles. The minimum Gasteiger partial charge on any atom is -0.494 e. The van der Waals surface area contributed by atoms with E-state index in [1.165, 1.54) is 60.7 Å². The van der Waals surface area contributed by atoms with Crippen molar-refractivity contribution in [2.45, 2.75) is 84.0 Å². The molecule has 56 heavy (non-hydrogen) atoms. The van der Waals surface area contributed by atoms with Gasteiger partial charge in [0.2, 0.25) is 34.8 Å². The van der Waals surface area contributed by atoms with Crippen molar-refractivity contribution in [2.24, 2.45) is 0 Å². The Morgan fingerprint density at radius 2 is 0.857 bits per heavy atom. The third-order valence-electron chi connectivity index (χ3n) is 8.31. The van der Waals surface area contributed by atoms with Crippen molar-refractivity contribution in [1.82, 2.24) is 0 Å². The summed E-state index contributed by atoms with van der Waals surface area (Å²) in [4.78, 5) is 49.1. The fourth-order valence-corrected chi connectivity index (χ4v) is 5.25. The molecule has 0 spiro atoms. The zero-order valence-electron chi connectivity index (χ0n) is 30.7. The van der Waals surface area contributed by atoms with Crippen LogP contribution in [-0.4, -0.2) is 30.5 Å². The first-order valence-corrected chi connectivity index (χ1v) is 18.3. The Morgan fingerprint density at radius 1 is 0.446 bits per heavy atom. The van der Waals surface area contributed by atoms with Crippen molar-refractivity contribution in [3.8, 4) is 28.7 Å². The lowest BCUT2D eigenvalue weighted by Crippen LogP contribution is -2.15. The monoisotopic (exact) mass is 784 g/mol. The first-order valence-electron chi connectivity index (χ1n) is 18.3. The molecule has 0 saturated carbocycles. The number of rotatable bonds is 21. The number of unbranched alkanes of at least 4 members (excludes halogenated alkanes) is 8. The van der Waals surface area contributed by atoms with Gasteiger partial charge in [0.25, 0.3) is 0 Å². The topological polar surface area (TPSA) is 114 Å². The Morgan fingerprint density at radius 3 is 1.39 bits per heavy atom. The van der Waals surface area contributed by atoms with Crippen molar-refractivity contribution >= 4 is 23.9 Å². The second kappa shape index (κ2) is 21.9. The van der Waals surface area contributed by atoms with Gasteiger partial charge in [-0.05, 0) is 92.1 Å². The summed E-state index contributed by atoms with van der Waals surface area (Å²) in [7, 11) is 0. The Balaban J connectivity index is 1.12. The molecule has 14 heteroatoms. The van der Waals surface area contributed by atoms with Gasteiger partial charge in [0.15, 0.2) is 0 Å². The van der Waals surface area contributed by atoms with Crippen LogP contribution in [0.1, 0.15) is 105 Å². The van der Waals surface area contributed by atoms with Gasteiger partial charge in [-0.1, -0.05) is 51.9 Å². The predicted octanol–water partition coefficient (Wildman–Crippen LogP) is 10.4. The molecule has 0 atom stereocenters. The van der Waals surface area contributed by atoms with E-state index in [0.717, 1.165) is 37.8 Å². The fourth-order valence-electron chi connectivity index (χ4n) is 5.25. The van der Waals surface area contributed by atoms with Crippen molar-refractivity contribution in [3.05, 3.63) is 113 Å². The van der Waals surface area contributed by atoms with Crippen molar-refractivity contribution in [2.75, 3.05) is 6.61 Å². The van der Waals surface area contributed by atoms with Crippen LogP contribution in [0, 0.1) is 29.1 Å². The third kappa shape index (κ3) is 13.2. The normalized spacial score (nSPS) is 10.8. The molecule has 0 aliphatic heterocycles. The molecule has 4 aromatic carbocycles. The van der Waals surface area contributed by atoms with E-state index in [4.69, 9.17) is 14.2 Å². The molecule has 0 heterocycles. The van der Waals surface area contributed by atoms with Gasteiger partial charge in [0.1, 0.15) is 23.1 Å². The van der Waals surface area contributed by atoms with Gasteiger partial charge >= 0.3 is 23.9 Å². The molecular formula is C42H41F5O9. The Kier molecular flexibility index (Phi) is 16.8. The first kappa shape index (κ1) is 42.9. The summed E-state index contributed by atoms with van der Waals surface area (Å²) in [5, 5.41) is 0. The van der Waals surface area contributed by atoms with Gasteiger partial charge in [-0.15, -0.1) is 0 Å². The Hall–Kier alpha value is -5.79. The molecule has 0 amide bonds. The smallest absolute Gasteiger partial charge is 0.343 e. The van der Waals surface area contributed by atoms with Gasteiger partial charge in [-0.2, -0.15) is 17.6 Å². The minimum absolute atomic E-state index is 0.137. The van der Waals surface area contributed by atoms with Crippen LogP contribution < -0.4 is 23.7 Å². The summed E-state index contributed by atoms with van der Waals surface area (Å²) in [6.07, 6.45) is 7.15. The highest BCUT2D eigenvalue weighted by molar-refractivity contribution is 5.91. The third-order valence-corrected chi connectivity index (χ3v) is 8.31. The van der Waals surface area contributed by atoms with Crippen LogP contribution in [0.5, 0.6) is 28.7 Å². The number of benzene rings is 4. The molecule has 0 fully saturated rings. The zero-order chi connectivity index (χ0) is 40.5. The number of hydrogen-bond acceptors (Lipinski definition) is 9. The lowest BCUT2D eigenvalue weighted by atomic mass is 10.1.